The summed E-state index contributed by atoms with van der Waals surface area (Å²) in [7, 11) is 0. The number of rotatable bonds is 7. The predicted molar refractivity (Wildman–Crippen MR) is 84.1 cm³/mol. The normalized spacial score (nSPS) is 11.0. The lowest BCUT2D eigenvalue weighted by Gasteiger charge is -2.04. The first-order valence-corrected chi connectivity index (χ1v) is 7.82. The highest BCUT2D eigenvalue weighted by molar-refractivity contribution is 7.21. The van der Waals surface area contributed by atoms with Crippen LogP contribution in [0.3, 0.4) is 0 Å². The number of anilines is 1. The van der Waals surface area contributed by atoms with Crippen LogP contribution in [0.5, 0.6) is 0 Å². The van der Waals surface area contributed by atoms with Gasteiger partial charge in [-0.25, -0.2) is 4.39 Å². The van der Waals surface area contributed by atoms with E-state index < -0.39 is 5.82 Å². The van der Waals surface area contributed by atoms with E-state index in [-0.39, 0.29) is 18.2 Å². The van der Waals surface area contributed by atoms with E-state index in [4.69, 9.17) is 10.8 Å². The minimum atomic E-state index is -0.399. The van der Waals surface area contributed by atoms with E-state index in [0.29, 0.717) is 21.5 Å². The number of aliphatic hydroxyl groups excluding tert-OH is 1. The van der Waals surface area contributed by atoms with Gasteiger partial charge in [0.2, 0.25) is 0 Å². The molecule has 0 radical (unpaired) electrons. The van der Waals surface area contributed by atoms with Crippen LogP contribution in [0.15, 0.2) is 18.2 Å². The number of amides is 1. The Hall–Kier alpha value is -1.66. The molecule has 1 heterocycles. The largest absolute Gasteiger partial charge is 0.397 e. The van der Waals surface area contributed by atoms with E-state index in [1.807, 2.05) is 0 Å². The van der Waals surface area contributed by atoms with Crippen LogP contribution >= 0.6 is 11.3 Å². The van der Waals surface area contributed by atoms with Gasteiger partial charge in [0.15, 0.2) is 0 Å². The molecule has 2 rings (SSSR count). The Morgan fingerprint density at radius 1 is 1.29 bits per heavy atom. The fourth-order valence-electron chi connectivity index (χ4n) is 2.17. The summed E-state index contributed by atoms with van der Waals surface area (Å²) in [4.78, 5) is 12.5. The van der Waals surface area contributed by atoms with E-state index in [2.05, 4.69) is 5.32 Å². The maximum absolute atomic E-state index is 13.7. The van der Waals surface area contributed by atoms with Crippen LogP contribution in [0.2, 0.25) is 0 Å². The summed E-state index contributed by atoms with van der Waals surface area (Å²) in [6.07, 6.45) is 3.54. The van der Waals surface area contributed by atoms with Crippen molar-refractivity contribution in [2.24, 2.45) is 0 Å². The van der Waals surface area contributed by atoms with Crippen molar-refractivity contribution in [2.45, 2.75) is 25.7 Å². The summed E-state index contributed by atoms with van der Waals surface area (Å²) < 4.78 is 14.4. The number of unbranched alkanes of at least 4 members (excludes halogenated alkanes) is 3. The van der Waals surface area contributed by atoms with Gasteiger partial charge in [0.1, 0.15) is 10.7 Å². The number of thiophene rings is 1. The fraction of sp³-hybridized carbons (Fsp3) is 0.400. The molecule has 0 saturated carbocycles. The summed E-state index contributed by atoms with van der Waals surface area (Å²) >= 11 is 1.21. The van der Waals surface area contributed by atoms with Crippen LogP contribution < -0.4 is 11.1 Å². The van der Waals surface area contributed by atoms with Gasteiger partial charge in [0.25, 0.3) is 5.91 Å². The molecule has 0 saturated heterocycles. The summed E-state index contributed by atoms with van der Waals surface area (Å²) in [6, 6.07) is 4.70. The molecule has 0 aliphatic carbocycles. The van der Waals surface area contributed by atoms with Gasteiger partial charge in [-0.3, -0.25) is 4.79 Å². The Bertz CT molecular complexity index is 627. The van der Waals surface area contributed by atoms with Gasteiger partial charge in [-0.1, -0.05) is 18.9 Å². The molecular formula is C15H19FN2O2S. The molecule has 0 fully saturated rings. The lowest BCUT2D eigenvalue weighted by molar-refractivity contribution is 0.0957. The monoisotopic (exact) mass is 310 g/mol. The molecule has 1 amide bonds. The molecule has 0 bridgehead atoms. The Kier molecular flexibility index (Phi) is 5.52. The zero-order valence-corrected chi connectivity index (χ0v) is 12.5. The summed E-state index contributed by atoms with van der Waals surface area (Å²) in [5.74, 6) is -0.653. The first kappa shape index (κ1) is 15.7. The standard InChI is InChI=1S/C15H19FN2O2S/c16-10-6-5-7-11-12(10)13(17)14(21-11)15(20)18-8-3-1-2-4-9-19/h5-7,19H,1-4,8-9,17H2,(H,18,20). The average molecular weight is 310 g/mol. The topological polar surface area (TPSA) is 75.4 Å². The van der Waals surface area contributed by atoms with Crippen LogP contribution in [0.4, 0.5) is 10.1 Å². The molecule has 21 heavy (non-hydrogen) atoms. The molecule has 0 aliphatic rings. The van der Waals surface area contributed by atoms with E-state index in [9.17, 15) is 9.18 Å². The van der Waals surface area contributed by atoms with E-state index in [1.54, 1.807) is 12.1 Å². The summed E-state index contributed by atoms with van der Waals surface area (Å²) in [6.45, 7) is 0.761. The van der Waals surface area contributed by atoms with Gasteiger partial charge < -0.3 is 16.2 Å². The number of carbonyl (C=O) groups is 1. The van der Waals surface area contributed by atoms with Crippen molar-refractivity contribution in [3.63, 3.8) is 0 Å². The van der Waals surface area contributed by atoms with E-state index >= 15 is 0 Å². The van der Waals surface area contributed by atoms with Crippen LogP contribution in [-0.4, -0.2) is 24.2 Å². The number of hydrogen-bond acceptors (Lipinski definition) is 4. The number of benzene rings is 1. The number of nitrogen functional groups attached to an aromatic ring is 1. The molecule has 0 spiro atoms. The van der Waals surface area contributed by atoms with Gasteiger partial charge in [0, 0.05) is 17.9 Å². The zero-order valence-electron chi connectivity index (χ0n) is 11.7. The first-order chi connectivity index (χ1) is 10.1. The number of nitrogens with one attached hydrogen (secondary N) is 1. The van der Waals surface area contributed by atoms with Crippen molar-refractivity contribution in [3.8, 4) is 0 Å². The maximum Gasteiger partial charge on any atom is 0.263 e. The number of fused-ring (bicyclic) bond motifs is 1. The highest BCUT2D eigenvalue weighted by atomic mass is 32.1. The van der Waals surface area contributed by atoms with Gasteiger partial charge in [0.05, 0.1) is 11.1 Å². The van der Waals surface area contributed by atoms with Gasteiger partial charge >= 0.3 is 0 Å². The smallest absolute Gasteiger partial charge is 0.263 e. The molecule has 1 aromatic carbocycles. The van der Waals surface area contributed by atoms with Gasteiger partial charge in [-0.15, -0.1) is 11.3 Å². The van der Waals surface area contributed by atoms with E-state index in [0.717, 1.165) is 25.7 Å². The molecule has 0 unspecified atom stereocenters. The molecule has 2 aromatic rings. The zero-order chi connectivity index (χ0) is 15.2. The molecule has 4 N–H and O–H groups in total. The highest BCUT2D eigenvalue weighted by Crippen LogP contribution is 2.35. The van der Waals surface area contributed by atoms with Crippen molar-refractivity contribution in [1.82, 2.24) is 5.32 Å². The Morgan fingerprint density at radius 3 is 2.76 bits per heavy atom. The number of carbonyl (C=O) groups excluding carboxylic acids is 1. The van der Waals surface area contributed by atoms with Crippen LogP contribution in [0.1, 0.15) is 35.4 Å². The Balaban J connectivity index is 1.97. The first-order valence-electron chi connectivity index (χ1n) is 7.00. The van der Waals surface area contributed by atoms with Crippen molar-refractivity contribution in [1.29, 1.82) is 0 Å². The van der Waals surface area contributed by atoms with Crippen molar-refractivity contribution in [2.75, 3.05) is 18.9 Å². The van der Waals surface area contributed by atoms with Gasteiger partial charge in [-0.2, -0.15) is 0 Å². The summed E-state index contributed by atoms with van der Waals surface area (Å²) in [5, 5.41) is 11.8. The van der Waals surface area contributed by atoms with Crippen LogP contribution in [0, 0.1) is 5.82 Å². The Morgan fingerprint density at radius 2 is 2.05 bits per heavy atom. The second-order valence-electron chi connectivity index (χ2n) is 4.85. The maximum atomic E-state index is 13.7. The third-order valence-corrected chi connectivity index (χ3v) is 4.45. The number of hydrogen-bond donors (Lipinski definition) is 3. The third-order valence-electron chi connectivity index (χ3n) is 3.28. The molecule has 6 heteroatoms. The quantitative estimate of drug-likeness (QED) is 0.688. The van der Waals surface area contributed by atoms with E-state index in [1.165, 1.54) is 17.4 Å². The van der Waals surface area contributed by atoms with Crippen LogP contribution in [-0.2, 0) is 0 Å². The number of nitrogens with two attached hydrogens (primary N) is 1. The fourth-order valence-corrected chi connectivity index (χ4v) is 3.22. The lowest BCUT2D eigenvalue weighted by atomic mass is 10.2. The second kappa shape index (κ2) is 7.38. The lowest BCUT2D eigenvalue weighted by Crippen LogP contribution is -2.24. The molecule has 4 nitrogen and oxygen atoms in total. The second-order valence-corrected chi connectivity index (χ2v) is 5.90. The SMILES string of the molecule is Nc1c(C(=O)NCCCCCCO)sc2cccc(F)c12. The number of halogens is 1. The molecule has 114 valence electrons. The van der Waals surface area contributed by atoms with Crippen molar-refractivity contribution in [3.05, 3.63) is 28.9 Å². The average Bonchev–Trinajstić information content (AvgIpc) is 2.81. The van der Waals surface area contributed by atoms with Crippen molar-refractivity contribution >= 4 is 33.0 Å². The van der Waals surface area contributed by atoms with Crippen molar-refractivity contribution < 1.29 is 14.3 Å². The minimum absolute atomic E-state index is 0.205. The predicted octanol–water partition coefficient (Wildman–Crippen LogP) is 2.91. The number of aliphatic hydroxyl groups is 1. The molecule has 1 aromatic heterocycles. The Labute approximate surface area is 126 Å². The molecule has 0 aliphatic heterocycles. The highest BCUT2D eigenvalue weighted by Gasteiger charge is 2.18. The minimum Gasteiger partial charge on any atom is -0.397 e. The molecule has 0 atom stereocenters. The third kappa shape index (κ3) is 3.71. The van der Waals surface area contributed by atoms with Crippen LogP contribution in [0.25, 0.3) is 10.1 Å². The van der Waals surface area contributed by atoms with Gasteiger partial charge in [-0.05, 0) is 25.0 Å². The molecular weight excluding hydrogens is 291 g/mol. The summed E-state index contributed by atoms with van der Waals surface area (Å²) in [5.41, 5.74) is 6.11.